The van der Waals surface area contributed by atoms with Crippen molar-refractivity contribution < 1.29 is 9.59 Å². The van der Waals surface area contributed by atoms with Gasteiger partial charge in [-0.05, 0) is 64.7 Å². The zero-order chi connectivity index (χ0) is 17.6. The molecule has 0 spiro atoms. The molecule has 1 N–H and O–H groups in total. The van der Waals surface area contributed by atoms with Crippen LogP contribution < -0.4 is 5.32 Å². The minimum absolute atomic E-state index is 0.0150. The van der Waals surface area contributed by atoms with Gasteiger partial charge in [0.2, 0.25) is 5.91 Å². The van der Waals surface area contributed by atoms with Gasteiger partial charge in [0.25, 0.3) is 5.91 Å². The first-order chi connectivity index (χ1) is 12.1. The average Bonchev–Trinajstić information content (AvgIpc) is 3.04. The van der Waals surface area contributed by atoms with E-state index in [9.17, 15) is 9.59 Å². The van der Waals surface area contributed by atoms with Crippen LogP contribution in [-0.2, 0) is 4.79 Å². The van der Waals surface area contributed by atoms with Crippen LogP contribution in [-0.4, -0.2) is 54.3 Å². The van der Waals surface area contributed by atoms with Gasteiger partial charge in [0.15, 0.2) is 0 Å². The van der Waals surface area contributed by atoms with Gasteiger partial charge in [0.05, 0.1) is 12.1 Å². The van der Waals surface area contributed by atoms with Crippen molar-refractivity contribution in [1.82, 2.24) is 9.80 Å². The van der Waals surface area contributed by atoms with Crippen molar-refractivity contribution in [1.29, 1.82) is 0 Å². The minimum Gasteiger partial charge on any atom is -0.337 e. The zero-order valence-corrected chi connectivity index (χ0v) is 16.8. The third kappa shape index (κ3) is 5.26. The fourth-order valence-corrected chi connectivity index (χ4v) is 3.83. The predicted octanol–water partition coefficient (Wildman–Crippen LogP) is 3.14. The average molecular weight is 469 g/mol. The monoisotopic (exact) mass is 469 g/mol. The summed E-state index contributed by atoms with van der Waals surface area (Å²) in [7, 11) is 0. The highest BCUT2D eigenvalue weighted by Gasteiger charge is 2.21. The zero-order valence-electron chi connectivity index (χ0n) is 13.8. The summed E-state index contributed by atoms with van der Waals surface area (Å²) in [5.41, 5.74) is 1.57. The van der Waals surface area contributed by atoms with Crippen molar-refractivity contribution >= 4 is 51.4 Å². The highest BCUT2D eigenvalue weighted by atomic mass is 127. The Hall–Kier alpha value is -1.45. The summed E-state index contributed by atoms with van der Waals surface area (Å²) in [4.78, 5) is 28.7. The molecule has 1 saturated heterocycles. The molecule has 0 aliphatic carbocycles. The molecule has 1 aliphatic rings. The predicted molar refractivity (Wildman–Crippen MR) is 109 cm³/mol. The molecule has 5 nitrogen and oxygen atoms in total. The van der Waals surface area contributed by atoms with E-state index in [0.717, 1.165) is 40.9 Å². The lowest BCUT2D eigenvalue weighted by Gasteiger charge is -2.21. The lowest BCUT2D eigenvalue weighted by Crippen LogP contribution is -2.37. The van der Waals surface area contributed by atoms with Crippen LogP contribution >= 0.6 is 33.9 Å². The molecule has 0 radical (unpaired) electrons. The first kappa shape index (κ1) is 18.3. The number of nitrogens with zero attached hydrogens (tertiary/aromatic N) is 2. The first-order valence-corrected chi connectivity index (χ1v) is 10.2. The van der Waals surface area contributed by atoms with Crippen LogP contribution in [0.1, 0.15) is 16.8 Å². The molecule has 1 aliphatic heterocycles. The standard InChI is InChI=1S/C18H20IN3O2S/c19-15-2-4-16(5-3-15)20-17(23)12-21-7-1-8-22(10-9-21)18(24)14-6-11-25-13-14/h2-6,11,13H,1,7-10,12H2,(H,20,23). The molecule has 25 heavy (non-hydrogen) atoms. The maximum atomic E-state index is 12.4. The fourth-order valence-electron chi connectivity index (χ4n) is 2.84. The molecule has 3 rings (SSSR count). The molecule has 2 aromatic rings. The van der Waals surface area contributed by atoms with Crippen molar-refractivity contribution in [2.75, 3.05) is 38.0 Å². The van der Waals surface area contributed by atoms with Gasteiger partial charge in [-0.3, -0.25) is 14.5 Å². The summed E-state index contributed by atoms with van der Waals surface area (Å²) in [5, 5.41) is 6.74. The number of hydrogen-bond acceptors (Lipinski definition) is 4. The number of carbonyl (C=O) groups excluding carboxylic acids is 2. The number of nitrogens with one attached hydrogen (secondary N) is 1. The molecule has 0 saturated carbocycles. The van der Waals surface area contributed by atoms with E-state index in [2.05, 4.69) is 32.8 Å². The van der Waals surface area contributed by atoms with Crippen LogP contribution in [0.3, 0.4) is 0 Å². The van der Waals surface area contributed by atoms with Crippen molar-refractivity contribution in [3.63, 3.8) is 0 Å². The highest BCUT2D eigenvalue weighted by Crippen LogP contribution is 2.13. The first-order valence-electron chi connectivity index (χ1n) is 8.21. The molecule has 2 amide bonds. The quantitative estimate of drug-likeness (QED) is 0.701. The van der Waals surface area contributed by atoms with Crippen LogP contribution in [0.5, 0.6) is 0 Å². The van der Waals surface area contributed by atoms with Gasteiger partial charge in [-0.15, -0.1) is 0 Å². The van der Waals surface area contributed by atoms with Gasteiger partial charge >= 0.3 is 0 Å². The number of halogens is 1. The van der Waals surface area contributed by atoms with Gasteiger partial charge in [-0.25, -0.2) is 0 Å². The molecule has 7 heteroatoms. The number of amides is 2. The Morgan fingerprint density at radius 1 is 1.08 bits per heavy atom. The SMILES string of the molecule is O=C(CN1CCCN(C(=O)c2ccsc2)CC1)Nc1ccc(I)cc1. The van der Waals surface area contributed by atoms with Crippen LogP contribution in [0.2, 0.25) is 0 Å². The number of hydrogen-bond donors (Lipinski definition) is 1. The summed E-state index contributed by atoms with van der Waals surface area (Å²) >= 11 is 3.77. The van der Waals surface area contributed by atoms with E-state index in [-0.39, 0.29) is 11.8 Å². The Balaban J connectivity index is 1.50. The van der Waals surface area contributed by atoms with Gasteiger partial charge in [0.1, 0.15) is 0 Å². The fraction of sp³-hybridized carbons (Fsp3) is 0.333. The second-order valence-electron chi connectivity index (χ2n) is 5.99. The third-order valence-corrected chi connectivity index (χ3v) is 5.54. The van der Waals surface area contributed by atoms with Crippen LogP contribution in [0.25, 0.3) is 0 Å². The summed E-state index contributed by atoms with van der Waals surface area (Å²) in [5.74, 6) is 0.0743. The van der Waals surface area contributed by atoms with E-state index in [1.807, 2.05) is 46.0 Å². The molecule has 1 fully saturated rings. The minimum atomic E-state index is -0.0150. The maximum Gasteiger partial charge on any atom is 0.254 e. The number of carbonyl (C=O) groups is 2. The molecule has 1 aromatic carbocycles. The third-order valence-electron chi connectivity index (χ3n) is 4.14. The number of anilines is 1. The van der Waals surface area contributed by atoms with Gasteiger partial charge in [0, 0.05) is 40.8 Å². The molecule has 132 valence electrons. The number of thiophene rings is 1. The Morgan fingerprint density at radius 3 is 2.60 bits per heavy atom. The normalized spacial score (nSPS) is 15.6. The van der Waals surface area contributed by atoms with Gasteiger partial charge in [-0.1, -0.05) is 0 Å². The largest absolute Gasteiger partial charge is 0.337 e. The van der Waals surface area contributed by atoms with E-state index < -0.39 is 0 Å². The molecular formula is C18H20IN3O2S. The van der Waals surface area contributed by atoms with E-state index >= 15 is 0 Å². The Kier molecular flexibility index (Phi) is 6.44. The molecular weight excluding hydrogens is 449 g/mol. The number of rotatable bonds is 4. The van der Waals surface area contributed by atoms with Crippen molar-refractivity contribution in [3.05, 3.63) is 50.2 Å². The molecule has 0 unspecified atom stereocenters. The lowest BCUT2D eigenvalue weighted by molar-refractivity contribution is -0.117. The molecule has 0 atom stereocenters. The van der Waals surface area contributed by atoms with Crippen LogP contribution in [0.4, 0.5) is 5.69 Å². The highest BCUT2D eigenvalue weighted by molar-refractivity contribution is 14.1. The second-order valence-corrected chi connectivity index (χ2v) is 8.01. The molecule has 2 heterocycles. The summed E-state index contributed by atoms with van der Waals surface area (Å²) in [6.07, 6.45) is 0.882. The Morgan fingerprint density at radius 2 is 1.88 bits per heavy atom. The summed E-state index contributed by atoms with van der Waals surface area (Å²) < 4.78 is 1.14. The second kappa shape index (κ2) is 8.77. The van der Waals surface area contributed by atoms with Gasteiger partial charge in [-0.2, -0.15) is 11.3 Å². The molecule has 0 bridgehead atoms. The van der Waals surface area contributed by atoms with Crippen molar-refractivity contribution in [2.24, 2.45) is 0 Å². The van der Waals surface area contributed by atoms with Crippen LogP contribution in [0.15, 0.2) is 41.1 Å². The van der Waals surface area contributed by atoms with Gasteiger partial charge < -0.3 is 10.2 Å². The molecule has 1 aromatic heterocycles. The summed E-state index contributed by atoms with van der Waals surface area (Å²) in [6.45, 7) is 3.30. The Labute approximate surface area is 165 Å². The van der Waals surface area contributed by atoms with E-state index in [1.165, 1.54) is 11.3 Å². The topological polar surface area (TPSA) is 52.7 Å². The Bertz CT molecular complexity index is 718. The maximum absolute atomic E-state index is 12.4. The van der Waals surface area contributed by atoms with Crippen molar-refractivity contribution in [3.8, 4) is 0 Å². The van der Waals surface area contributed by atoms with E-state index in [1.54, 1.807) is 0 Å². The summed E-state index contributed by atoms with van der Waals surface area (Å²) in [6, 6.07) is 9.61. The smallest absolute Gasteiger partial charge is 0.254 e. The lowest BCUT2D eigenvalue weighted by atomic mass is 10.3. The van der Waals surface area contributed by atoms with E-state index in [0.29, 0.717) is 13.1 Å². The van der Waals surface area contributed by atoms with E-state index in [4.69, 9.17) is 0 Å². The van der Waals surface area contributed by atoms with Crippen LogP contribution in [0, 0.1) is 3.57 Å². The van der Waals surface area contributed by atoms with Crippen molar-refractivity contribution in [2.45, 2.75) is 6.42 Å². The number of benzene rings is 1.